The number of aromatic nitrogens is 2. The molecule has 1 heterocycles. The van der Waals surface area contributed by atoms with Crippen molar-refractivity contribution in [3.8, 4) is 11.4 Å². The first kappa shape index (κ1) is 18.9. The Labute approximate surface area is 160 Å². The highest BCUT2D eigenvalue weighted by Gasteiger charge is 2.12. The van der Waals surface area contributed by atoms with Crippen LogP contribution in [0.4, 0.5) is 11.4 Å². The first-order chi connectivity index (χ1) is 13.4. The molecule has 0 saturated heterocycles. The van der Waals surface area contributed by atoms with E-state index in [4.69, 9.17) is 4.74 Å². The Kier molecular flexibility index (Phi) is 5.25. The van der Waals surface area contributed by atoms with Crippen molar-refractivity contribution < 1.29 is 9.66 Å². The highest BCUT2D eigenvalue weighted by atomic mass is 16.6. The standard InChI is InChI=1S/C19H19N5O4/c1-12-4-6-14(7-5-12)23-19(25)16(13(2)22-23)11-20-21-17-9-8-15(24(26)27)10-18(17)28-3/h4-11,21-22H,1-3H3/b20-11+. The van der Waals surface area contributed by atoms with Crippen molar-refractivity contribution >= 4 is 17.6 Å². The van der Waals surface area contributed by atoms with E-state index >= 15 is 0 Å². The fourth-order valence-electron chi connectivity index (χ4n) is 2.64. The van der Waals surface area contributed by atoms with Crippen LogP contribution >= 0.6 is 0 Å². The van der Waals surface area contributed by atoms with E-state index in [0.29, 0.717) is 16.9 Å². The third kappa shape index (κ3) is 3.78. The van der Waals surface area contributed by atoms with E-state index in [0.717, 1.165) is 11.3 Å². The van der Waals surface area contributed by atoms with Crippen LogP contribution in [0.15, 0.2) is 52.4 Å². The average Bonchev–Trinajstić information content (AvgIpc) is 2.96. The van der Waals surface area contributed by atoms with Crippen LogP contribution in [0.5, 0.6) is 5.75 Å². The summed E-state index contributed by atoms with van der Waals surface area (Å²) in [5, 5.41) is 18.0. The molecule has 1 aromatic heterocycles. The Hall–Kier alpha value is -3.88. The summed E-state index contributed by atoms with van der Waals surface area (Å²) in [5.41, 5.74) is 5.75. The minimum absolute atomic E-state index is 0.0890. The molecule has 9 nitrogen and oxygen atoms in total. The Bertz CT molecular complexity index is 1100. The van der Waals surface area contributed by atoms with Crippen LogP contribution in [0.1, 0.15) is 16.8 Å². The smallest absolute Gasteiger partial charge is 0.280 e. The summed E-state index contributed by atoms with van der Waals surface area (Å²) in [6.07, 6.45) is 1.40. The van der Waals surface area contributed by atoms with Crippen molar-refractivity contribution in [2.45, 2.75) is 13.8 Å². The minimum atomic E-state index is -0.508. The predicted molar refractivity (Wildman–Crippen MR) is 107 cm³/mol. The zero-order valence-corrected chi connectivity index (χ0v) is 15.6. The van der Waals surface area contributed by atoms with Gasteiger partial charge in [-0.15, -0.1) is 0 Å². The second kappa shape index (κ2) is 7.78. The summed E-state index contributed by atoms with van der Waals surface area (Å²) in [4.78, 5) is 23.0. The van der Waals surface area contributed by atoms with Crippen LogP contribution in [0.3, 0.4) is 0 Å². The van der Waals surface area contributed by atoms with E-state index in [1.165, 1.54) is 36.2 Å². The topological polar surface area (TPSA) is 115 Å². The van der Waals surface area contributed by atoms with Crippen LogP contribution < -0.4 is 15.7 Å². The number of benzene rings is 2. The van der Waals surface area contributed by atoms with E-state index < -0.39 is 4.92 Å². The fraction of sp³-hybridized carbons (Fsp3) is 0.158. The maximum absolute atomic E-state index is 12.7. The summed E-state index contributed by atoms with van der Waals surface area (Å²) in [6.45, 7) is 3.75. The molecule has 2 aromatic carbocycles. The Balaban J connectivity index is 1.85. The van der Waals surface area contributed by atoms with Gasteiger partial charge in [0, 0.05) is 11.8 Å². The molecule has 3 rings (SSSR count). The number of methoxy groups -OCH3 is 1. The van der Waals surface area contributed by atoms with E-state index in [-0.39, 0.29) is 17.0 Å². The number of hydrogen-bond donors (Lipinski definition) is 2. The molecule has 0 spiro atoms. The van der Waals surface area contributed by atoms with Gasteiger partial charge in [-0.2, -0.15) is 5.10 Å². The molecule has 0 fully saturated rings. The number of nitro groups is 1. The first-order valence-electron chi connectivity index (χ1n) is 8.41. The first-order valence-corrected chi connectivity index (χ1v) is 8.41. The van der Waals surface area contributed by atoms with E-state index in [2.05, 4.69) is 15.6 Å². The lowest BCUT2D eigenvalue weighted by Crippen LogP contribution is -2.17. The van der Waals surface area contributed by atoms with Crippen molar-refractivity contribution in [2.24, 2.45) is 5.10 Å². The predicted octanol–water partition coefficient (Wildman–Crippen LogP) is 3.15. The van der Waals surface area contributed by atoms with E-state index in [9.17, 15) is 14.9 Å². The Morgan fingerprint density at radius 2 is 1.93 bits per heavy atom. The SMILES string of the molecule is COc1cc([N+](=O)[O-])ccc1N/N=C/c1c(C)[nH]n(-c2ccc(C)cc2)c1=O. The molecular formula is C19H19N5O4. The van der Waals surface area contributed by atoms with Crippen molar-refractivity contribution in [3.63, 3.8) is 0 Å². The second-order valence-corrected chi connectivity index (χ2v) is 6.14. The van der Waals surface area contributed by atoms with Gasteiger partial charge in [0.1, 0.15) is 0 Å². The number of nitrogens with one attached hydrogen (secondary N) is 2. The zero-order valence-electron chi connectivity index (χ0n) is 15.6. The fourth-order valence-corrected chi connectivity index (χ4v) is 2.64. The maximum Gasteiger partial charge on any atom is 0.280 e. The largest absolute Gasteiger partial charge is 0.494 e. The molecule has 0 aliphatic carbocycles. The number of hydrazone groups is 1. The molecule has 9 heteroatoms. The van der Waals surface area contributed by atoms with Crippen LogP contribution in [0, 0.1) is 24.0 Å². The lowest BCUT2D eigenvalue weighted by molar-refractivity contribution is -0.384. The van der Waals surface area contributed by atoms with Crippen LogP contribution in [-0.4, -0.2) is 28.0 Å². The monoisotopic (exact) mass is 381 g/mol. The summed E-state index contributed by atoms with van der Waals surface area (Å²) in [5.74, 6) is 0.272. The minimum Gasteiger partial charge on any atom is -0.494 e. The molecule has 0 bridgehead atoms. The molecule has 0 aliphatic rings. The van der Waals surface area contributed by atoms with Crippen LogP contribution in [-0.2, 0) is 0 Å². The zero-order chi connectivity index (χ0) is 20.3. The number of ether oxygens (including phenoxy) is 1. The van der Waals surface area contributed by atoms with E-state index in [1.807, 2.05) is 31.2 Å². The van der Waals surface area contributed by atoms with Gasteiger partial charge in [-0.25, -0.2) is 4.68 Å². The molecule has 0 unspecified atom stereocenters. The number of nitro benzene ring substituents is 1. The lowest BCUT2D eigenvalue weighted by Gasteiger charge is -2.06. The van der Waals surface area contributed by atoms with Gasteiger partial charge in [0.05, 0.1) is 41.3 Å². The molecule has 28 heavy (non-hydrogen) atoms. The lowest BCUT2D eigenvalue weighted by atomic mass is 10.2. The number of aromatic amines is 1. The summed E-state index contributed by atoms with van der Waals surface area (Å²) in [7, 11) is 1.41. The van der Waals surface area contributed by atoms with Crippen molar-refractivity contribution in [1.29, 1.82) is 0 Å². The number of rotatable bonds is 6. The molecule has 2 N–H and O–H groups in total. The van der Waals surface area contributed by atoms with Gasteiger partial charge in [-0.1, -0.05) is 17.7 Å². The van der Waals surface area contributed by atoms with Crippen molar-refractivity contribution in [3.05, 3.63) is 79.8 Å². The van der Waals surface area contributed by atoms with E-state index in [1.54, 1.807) is 6.92 Å². The number of nitrogens with zero attached hydrogens (tertiary/aromatic N) is 3. The Morgan fingerprint density at radius 3 is 2.57 bits per heavy atom. The number of anilines is 1. The average molecular weight is 381 g/mol. The van der Waals surface area contributed by atoms with Gasteiger partial charge in [-0.05, 0) is 32.0 Å². The molecule has 0 amide bonds. The number of hydrogen-bond acceptors (Lipinski definition) is 6. The van der Waals surface area contributed by atoms with Gasteiger partial charge < -0.3 is 4.74 Å². The third-order valence-electron chi connectivity index (χ3n) is 4.18. The summed E-state index contributed by atoms with van der Waals surface area (Å²) in [6, 6.07) is 11.7. The van der Waals surface area contributed by atoms with Gasteiger partial charge in [-0.3, -0.25) is 25.4 Å². The third-order valence-corrected chi connectivity index (χ3v) is 4.18. The normalized spacial score (nSPS) is 11.0. The molecular weight excluding hydrogens is 362 g/mol. The van der Waals surface area contributed by atoms with Gasteiger partial charge >= 0.3 is 0 Å². The van der Waals surface area contributed by atoms with Gasteiger partial charge in [0.25, 0.3) is 11.2 Å². The van der Waals surface area contributed by atoms with Crippen LogP contribution in [0.2, 0.25) is 0 Å². The summed E-state index contributed by atoms with van der Waals surface area (Å²) >= 11 is 0. The van der Waals surface area contributed by atoms with Crippen molar-refractivity contribution in [1.82, 2.24) is 9.78 Å². The van der Waals surface area contributed by atoms with Crippen LogP contribution in [0.25, 0.3) is 5.69 Å². The number of H-pyrrole nitrogens is 1. The molecule has 0 aliphatic heterocycles. The molecule has 0 atom stereocenters. The second-order valence-electron chi connectivity index (χ2n) is 6.14. The molecule has 144 valence electrons. The van der Waals surface area contributed by atoms with Crippen molar-refractivity contribution in [2.75, 3.05) is 12.5 Å². The maximum atomic E-state index is 12.7. The molecule has 0 saturated carbocycles. The number of non-ortho nitro benzene ring substituents is 1. The highest BCUT2D eigenvalue weighted by molar-refractivity contribution is 5.81. The number of aryl methyl sites for hydroxylation is 2. The highest BCUT2D eigenvalue weighted by Crippen LogP contribution is 2.28. The van der Waals surface area contributed by atoms with Gasteiger partial charge in [0.2, 0.25) is 0 Å². The molecule has 0 radical (unpaired) electrons. The summed E-state index contributed by atoms with van der Waals surface area (Å²) < 4.78 is 6.59. The Morgan fingerprint density at radius 1 is 1.21 bits per heavy atom. The molecule has 3 aromatic rings. The van der Waals surface area contributed by atoms with Gasteiger partial charge in [0.15, 0.2) is 5.75 Å². The quantitative estimate of drug-likeness (QED) is 0.387.